The second-order valence-electron chi connectivity index (χ2n) is 5.78. The zero-order valence-electron chi connectivity index (χ0n) is 14.6. The van der Waals surface area contributed by atoms with E-state index < -0.39 is 0 Å². The van der Waals surface area contributed by atoms with Crippen LogP contribution in [0.3, 0.4) is 0 Å². The molecular weight excluding hydrogens is 382 g/mol. The summed E-state index contributed by atoms with van der Waals surface area (Å²) in [6.45, 7) is 2.59. The monoisotopic (exact) mass is 397 g/mol. The molecule has 7 heteroatoms. The lowest BCUT2D eigenvalue weighted by Gasteiger charge is -2.02. The van der Waals surface area contributed by atoms with Gasteiger partial charge in [0.25, 0.3) is 0 Å². The molecule has 2 heterocycles. The van der Waals surface area contributed by atoms with Gasteiger partial charge in [0.15, 0.2) is 0 Å². The summed E-state index contributed by atoms with van der Waals surface area (Å²) in [7, 11) is 0. The van der Waals surface area contributed by atoms with E-state index >= 15 is 0 Å². The third kappa shape index (κ3) is 4.18. The normalized spacial score (nSPS) is 10.9. The first-order valence-electron chi connectivity index (χ1n) is 8.47. The Kier molecular flexibility index (Phi) is 5.18. The number of benzene rings is 2. The molecule has 2 aromatic carbocycles. The van der Waals surface area contributed by atoms with Crippen molar-refractivity contribution in [1.82, 2.24) is 15.1 Å². The molecule has 0 saturated heterocycles. The number of aromatic nitrogens is 3. The molecule has 0 spiro atoms. The molecule has 0 aliphatic carbocycles. The molecule has 0 N–H and O–H groups in total. The van der Waals surface area contributed by atoms with Crippen LogP contribution in [0.5, 0.6) is 5.75 Å². The Bertz CT molecular complexity index is 1040. The third-order valence-electron chi connectivity index (χ3n) is 3.87. The number of rotatable bonds is 6. The van der Waals surface area contributed by atoms with Crippen LogP contribution in [0.4, 0.5) is 0 Å². The van der Waals surface area contributed by atoms with Gasteiger partial charge >= 0.3 is 0 Å². The summed E-state index contributed by atoms with van der Waals surface area (Å²) in [6, 6.07) is 15.3. The van der Waals surface area contributed by atoms with Crippen molar-refractivity contribution in [2.45, 2.75) is 13.3 Å². The Morgan fingerprint density at radius 3 is 2.70 bits per heavy atom. The van der Waals surface area contributed by atoms with Gasteiger partial charge in [-0.15, -0.1) is 11.3 Å². The average Bonchev–Trinajstić information content (AvgIpc) is 3.33. The maximum atomic E-state index is 6.05. The fourth-order valence-electron chi connectivity index (χ4n) is 2.61. The summed E-state index contributed by atoms with van der Waals surface area (Å²) in [4.78, 5) is 9.12. The van der Waals surface area contributed by atoms with Gasteiger partial charge in [-0.3, -0.25) is 0 Å². The van der Waals surface area contributed by atoms with Crippen LogP contribution in [0.25, 0.3) is 22.6 Å². The molecule has 27 heavy (non-hydrogen) atoms. The average molecular weight is 398 g/mol. The topological polar surface area (TPSA) is 61.0 Å². The molecule has 136 valence electrons. The highest BCUT2D eigenvalue weighted by Crippen LogP contribution is 2.26. The summed E-state index contributed by atoms with van der Waals surface area (Å²) < 4.78 is 10.8. The molecule has 0 aliphatic heterocycles. The number of ether oxygens (including phenoxy) is 1. The van der Waals surface area contributed by atoms with E-state index in [1.807, 2.05) is 60.8 Å². The summed E-state index contributed by atoms with van der Waals surface area (Å²) in [5.41, 5.74) is 2.77. The molecule has 0 saturated carbocycles. The maximum absolute atomic E-state index is 6.05. The SMILES string of the molecule is CCOc1ccc(-c2noc(Cc3nc(-c4cccc(Cl)c4)cs3)n2)cc1. The Morgan fingerprint density at radius 2 is 1.93 bits per heavy atom. The zero-order chi connectivity index (χ0) is 18.6. The highest BCUT2D eigenvalue weighted by molar-refractivity contribution is 7.10. The fourth-order valence-corrected chi connectivity index (χ4v) is 3.60. The number of halogens is 1. The minimum absolute atomic E-state index is 0.495. The lowest BCUT2D eigenvalue weighted by atomic mass is 10.2. The number of thiazole rings is 1. The van der Waals surface area contributed by atoms with Gasteiger partial charge in [-0.1, -0.05) is 28.9 Å². The Labute approximate surface area is 165 Å². The third-order valence-corrected chi connectivity index (χ3v) is 4.95. The predicted molar refractivity (Wildman–Crippen MR) is 106 cm³/mol. The van der Waals surface area contributed by atoms with Crippen molar-refractivity contribution in [2.24, 2.45) is 0 Å². The maximum Gasteiger partial charge on any atom is 0.233 e. The smallest absolute Gasteiger partial charge is 0.233 e. The van der Waals surface area contributed by atoms with Crippen LogP contribution in [0.1, 0.15) is 17.8 Å². The van der Waals surface area contributed by atoms with Crippen molar-refractivity contribution in [3.05, 3.63) is 69.8 Å². The van der Waals surface area contributed by atoms with Gasteiger partial charge in [0.2, 0.25) is 11.7 Å². The van der Waals surface area contributed by atoms with Gasteiger partial charge in [0.1, 0.15) is 10.8 Å². The molecule has 0 amide bonds. The van der Waals surface area contributed by atoms with Crippen LogP contribution in [-0.2, 0) is 6.42 Å². The summed E-state index contributed by atoms with van der Waals surface area (Å²) in [5.74, 6) is 1.91. The number of hydrogen-bond acceptors (Lipinski definition) is 6. The molecule has 0 bridgehead atoms. The van der Waals surface area contributed by atoms with Crippen LogP contribution in [0, 0.1) is 0 Å². The van der Waals surface area contributed by atoms with Crippen LogP contribution in [0.15, 0.2) is 58.4 Å². The Morgan fingerprint density at radius 1 is 1.07 bits per heavy atom. The molecule has 4 aromatic rings. The van der Waals surface area contributed by atoms with Crippen LogP contribution >= 0.6 is 22.9 Å². The van der Waals surface area contributed by atoms with E-state index in [0.717, 1.165) is 27.6 Å². The molecule has 0 fully saturated rings. The largest absolute Gasteiger partial charge is 0.494 e. The van der Waals surface area contributed by atoms with E-state index in [1.54, 1.807) is 11.3 Å². The summed E-state index contributed by atoms with van der Waals surface area (Å²) >= 11 is 7.61. The van der Waals surface area contributed by atoms with Gasteiger partial charge in [-0.25, -0.2) is 4.98 Å². The number of hydrogen-bond donors (Lipinski definition) is 0. The second kappa shape index (κ2) is 7.90. The van der Waals surface area contributed by atoms with Gasteiger partial charge in [-0.05, 0) is 43.3 Å². The van der Waals surface area contributed by atoms with Crippen LogP contribution in [0.2, 0.25) is 5.02 Å². The minimum atomic E-state index is 0.495. The van der Waals surface area contributed by atoms with E-state index in [0.29, 0.717) is 29.8 Å². The summed E-state index contributed by atoms with van der Waals surface area (Å²) in [5, 5.41) is 7.67. The molecule has 0 atom stereocenters. The van der Waals surface area contributed by atoms with E-state index in [4.69, 9.17) is 20.9 Å². The molecule has 0 unspecified atom stereocenters. The second-order valence-corrected chi connectivity index (χ2v) is 7.16. The van der Waals surface area contributed by atoms with E-state index in [-0.39, 0.29) is 0 Å². The Balaban J connectivity index is 1.48. The first-order chi connectivity index (χ1) is 13.2. The summed E-state index contributed by atoms with van der Waals surface area (Å²) in [6.07, 6.45) is 0.495. The predicted octanol–water partition coefficient (Wildman–Crippen LogP) is 5.50. The van der Waals surface area contributed by atoms with Crippen molar-refractivity contribution >= 4 is 22.9 Å². The molecule has 5 nitrogen and oxygen atoms in total. The van der Waals surface area contributed by atoms with E-state index in [9.17, 15) is 0 Å². The first kappa shape index (κ1) is 17.7. The van der Waals surface area contributed by atoms with Crippen molar-refractivity contribution in [3.63, 3.8) is 0 Å². The highest BCUT2D eigenvalue weighted by Gasteiger charge is 2.12. The van der Waals surface area contributed by atoms with Crippen LogP contribution in [-0.4, -0.2) is 21.7 Å². The first-order valence-corrected chi connectivity index (χ1v) is 9.73. The standard InChI is InChI=1S/C20H16ClN3O2S/c1-2-25-16-8-6-13(7-9-16)20-23-18(26-24-20)11-19-22-17(12-27-19)14-4-3-5-15(21)10-14/h3-10,12H,2,11H2,1H3. The van der Waals surface area contributed by atoms with Crippen LogP contribution < -0.4 is 4.74 Å². The minimum Gasteiger partial charge on any atom is -0.494 e. The van der Waals surface area contributed by atoms with Gasteiger partial charge in [0, 0.05) is 21.5 Å². The Hall–Kier alpha value is -2.70. The van der Waals surface area contributed by atoms with E-state index in [2.05, 4.69) is 15.1 Å². The lowest BCUT2D eigenvalue weighted by molar-refractivity contribution is 0.340. The molecule has 4 rings (SSSR count). The molecule has 0 radical (unpaired) electrons. The quantitative estimate of drug-likeness (QED) is 0.429. The highest BCUT2D eigenvalue weighted by atomic mass is 35.5. The van der Waals surface area contributed by atoms with Gasteiger partial charge in [-0.2, -0.15) is 4.98 Å². The zero-order valence-corrected chi connectivity index (χ0v) is 16.1. The van der Waals surface area contributed by atoms with Gasteiger partial charge < -0.3 is 9.26 Å². The van der Waals surface area contributed by atoms with Crippen molar-refractivity contribution in [3.8, 4) is 28.4 Å². The van der Waals surface area contributed by atoms with E-state index in [1.165, 1.54) is 0 Å². The van der Waals surface area contributed by atoms with Crippen molar-refractivity contribution in [1.29, 1.82) is 0 Å². The fraction of sp³-hybridized carbons (Fsp3) is 0.150. The number of nitrogens with zero attached hydrogens (tertiary/aromatic N) is 3. The van der Waals surface area contributed by atoms with Crippen molar-refractivity contribution < 1.29 is 9.26 Å². The molecular formula is C20H16ClN3O2S. The van der Waals surface area contributed by atoms with Crippen molar-refractivity contribution in [2.75, 3.05) is 6.61 Å². The molecule has 2 aromatic heterocycles. The molecule has 0 aliphatic rings. The lowest BCUT2D eigenvalue weighted by Crippen LogP contribution is -1.91. The van der Waals surface area contributed by atoms with Gasteiger partial charge in [0.05, 0.1) is 18.7 Å².